The van der Waals surface area contributed by atoms with Crippen LogP contribution >= 0.6 is 11.6 Å². The largest absolute Gasteiger partial charge is 0.495 e. The molecule has 0 aromatic heterocycles. The van der Waals surface area contributed by atoms with Gasteiger partial charge in [0, 0.05) is 6.54 Å². The minimum atomic E-state index is -4.31. The molecule has 0 bridgehead atoms. The molecule has 1 aromatic carbocycles. The first-order chi connectivity index (χ1) is 7.93. The van der Waals surface area contributed by atoms with Gasteiger partial charge in [-0.3, -0.25) is 0 Å². The first kappa shape index (κ1) is 12.5. The normalized spacial score (nSPS) is 19.9. The predicted octanol–water partition coefficient (Wildman–Crippen LogP) is 3.10. The molecule has 1 N–H and O–H groups in total. The Labute approximate surface area is 102 Å². The molecular weight excluding hydrogens is 255 g/mol. The molecule has 0 saturated carbocycles. The molecule has 1 unspecified atom stereocenters. The van der Waals surface area contributed by atoms with Gasteiger partial charge in [-0.2, -0.15) is 13.2 Å². The van der Waals surface area contributed by atoms with Crippen molar-refractivity contribution in [1.82, 2.24) is 5.32 Å². The van der Waals surface area contributed by atoms with E-state index in [0.29, 0.717) is 23.6 Å². The molecule has 1 heterocycles. The van der Waals surface area contributed by atoms with Crippen LogP contribution in [0.2, 0.25) is 5.02 Å². The summed E-state index contributed by atoms with van der Waals surface area (Å²) in [5.74, 6) is 0.267. The Morgan fingerprint density at radius 2 is 2.12 bits per heavy atom. The Morgan fingerprint density at radius 3 is 2.71 bits per heavy atom. The number of halogens is 4. The summed E-state index contributed by atoms with van der Waals surface area (Å²) < 4.78 is 43.4. The van der Waals surface area contributed by atoms with Crippen LogP contribution in [0.5, 0.6) is 5.75 Å². The van der Waals surface area contributed by atoms with Gasteiger partial charge in [0.25, 0.3) is 0 Å². The summed E-state index contributed by atoms with van der Waals surface area (Å²) in [6.45, 7) is 0.292. The zero-order chi connectivity index (χ0) is 12.6. The molecule has 0 radical (unpaired) electrons. The van der Waals surface area contributed by atoms with Crippen molar-refractivity contribution in [1.29, 1.82) is 0 Å². The van der Waals surface area contributed by atoms with Crippen LogP contribution in [0.4, 0.5) is 13.2 Å². The second-order valence-corrected chi connectivity index (χ2v) is 4.27. The lowest BCUT2D eigenvalue weighted by Crippen LogP contribution is -2.39. The van der Waals surface area contributed by atoms with E-state index in [9.17, 15) is 13.2 Å². The van der Waals surface area contributed by atoms with Gasteiger partial charge in [-0.05, 0) is 29.7 Å². The van der Waals surface area contributed by atoms with E-state index in [1.807, 2.05) is 0 Å². The van der Waals surface area contributed by atoms with Gasteiger partial charge in [-0.25, -0.2) is 0 Å². The maximum atomic E-state index is 12.8. The lowest BCUT2D eigenvalue weighted by Gasteiger charge is -2.29. The summed E-state index contributed by atoms with van der Waals surface area (Å²) in [6, 6.07) is 1.27. The average molecular weight is 266 g/mol. The summed E-state index contributed by atoms with van der Waals surface area (Å²) in [7, 11) is 1.38. The third-order valence-electron chi connectivity index (χ3n) is 2.79. The molecule has 0 spiro atoms. The van der Waals surface area contributed by atoms with Crippen molar-refractivity contribution in [2.24, 2.45) is 0 Å². The highest BCUT2D eigenvalue weighted by molar-refractivity contribution is 6.32. The molecule has 6 heteroatoms. The Bertz CT molecular complexity index is 433. The Morgan fingerprint density at radius 1 is 1.41 bits per heavy atom. The highest BCUT2D eigenvalue weighted by Gasteiger charge is 2.43. The Hall–Kier alpha value is -0.940. The van der Waals surface area contributed by atoms with E-state index >= 15 is 0 Å². The zero-order valence-corrected chi connectivity index (χ0v) is 9.82. The maximum absolute atomic E-state index is 12.8. The summed E-state index contributed by atoms with van der Waals surface area (Å²) >= 11 is 5.90. The molecule has 0 aliphatic carbocycles. The van der Waals surface area contributed by atoms with Crippen molar-refractivity contribution in [3.05, 3.63) is 28.3 Å². The van der Waals surface area contributed by atoms with E-state index < -0.39 is 12.2 Å². The number of hydrogen-bond acceptors (Lipinski definition) is 2. The number of nitrogens with one attached hydrogen (secondary N) is 1. The van der Waals surface area contributed by atoms with Crippen molar-refractivity contribution < 1.29 is 17.9 Å². The van der Waals surface area contributed by atoms with E-state index in [4.69, 9.17) is 16.3 Å². The third-order valence-corrected chi connectivity index (χ3v) is 3.09. The standard InChI is InChI=1S/C11H11ClF3NO/c1-17-9-5-7-6(4-8(9)12)2-3-16-10(7)11(13,14)15/h4-5,10,16H,2-3H2,1H3. The fourth-order valence-corrected chi connectivity index (χ4v) is 2.27. The van der Waals surface area contributed by atoms with Gasteiger partial charge < -0.3 is 10.1 Å². The minimum Gasteiger partial charge on any atom is -0.495 e. The van der Waals surface area contributed by atoms with Gasteiger partial charge in [0.05, 0.1) is 12.1 Å². The molecule has 0 saturated heterocycles. The number of hydrogen-bond donors (Lipinski definition) is 1. The highest BCUT2D eigenvalue weighted by atomic mass is 35.5. The zero-order valence-electron chi connectivity index (χ0n) is 9.07. The number of ether oxygens (including phenoxy) is 1. The smallest absolute Gasteiger partial charge is 0.407 e. The second kappa shape index (κ2) is 4.38. The van der Waals surface area contributed by atoms with Crippen molar-refractivity contribution in [2.45, 2.75) is 18.6 Å². The van der Waals surface area contributed by atoms with Crippen molar-refractivity contribution in [3.63, 3.8) is 0 Å². The lowest BCUT2D eigenvalue weighted by molar-refractivity contribution is -0.158. The van der Waals surface area contributed by atoms with Gasteiger partial charge in [-0.15, -0.1) is 0 Å². The van der Waals surface area contributed by atoms with Crippen molar-refractivity contribution in [2.75, 3.05) is 13.7 Å². The molecule has 0 amide bonds. The highest BCUT2D eigenvalue weighted by Crippen LogP contribution is 2.40. The number of fused-ring (bicyclic) bond motifs is 1. The van der Waals surface area contributed by atoms with E-state index in [1.165, 1.54) is 13.2 Å². The fourth-order valence-electron chi connectivity index (χ4n) is 2.01. The predicted molar refractivity (Wildman–Crippen MR) is 58.5 cm³/mol. The summed E-state index contributed by atoms with van der Waals surface area (Å²) in [5.41, 5.74) is 0.821. The van der Waals surface area contributed by atoms with E-state index in [-0.39, 0.29) is 11.3 Å². The molecule has 1 atom stereocenters. The van der Waals surface area contributed by atoms with Crippen LogP contribution in [0, 0.1) is 0 Å². The third kappa shape index (κ3) is 2.35. The molecule has 0 fully saturated rings. The molecule has 17 heavy (non-hydrogen) atoms. The summed E-state index contributed by atoms with van der Waals surface area (Å²) in [6.07, 6.45) is -3.78. The number of methoxy groups -OCH3 is 1. The summed E-state index contributed by atoms with van der Waals surface area (Å²) in [5, 5.41) is 2.80. The molecule has 2 rings (SSSR count). The van der Waals surface area contributed by atoms with Crippen molar-refractivity contribution in [3.8, 4) is 5.75 Å². The molecule has 1 aromatic rings. The maximum Gasteiger partial charge on any atom is 0.407 e. The van der Waals surface area contributed by atoms with Crippen LogP contribution in [-0.4, -0.2) is 19.8 Å². The molecule has 1 aliphatic heterocycles. The van der Waals surface area contributed by atoms with Gasteiger partial charge in [0.1, 0.15) is 11.8 Å². The van der Waals surface area contributed by atoms with Crippen LogP contribution in [0.25, 0.3) is 0 Å². The first-order valence-corrected chi connectivity index (χ1v) is 5.47. The van der Waals surface area contributed by atoms with E-state index in [0.717, 1.165) is 0 Å². The Balaban J connectivity index is 2.50. The van der Waals surface area contributed by atoms with Gasteiger partial charge in [-0.1, -0.05) is 11.6 Å². The fraction of sp³-hybridized carbons (Fsp3) is 0.455. The SMILES string of the molecule is COc1cc2c(cc1Cl)CCNC2C(F)(F)F. The first-order valence-electron chi connectivity index (χ1n) is 5.10. The van der Waals surface area contributed by atoms with Crippen molar-refractivity contribution >= 4 is 11.6 Å². The van der Waals surface area contributed by atoms with Gasteiger partial charge in [0.15, 0.2) is 0 Å². The number of benzene rings is 1. The van der Waals surface area contributed by atoms with E-state index in [2.05, 4.69) is 5.32 Å². The molecule has 1 aliphatic rings. The molecule has 2 nitrogen and oxygen atoms in total. The van der Waals surface area contributed by atoms with Crippen LogP contribution < -0.4 is 10.1 Å². The Kier molecular flexibility index (Phi) is 3.23. The van der Waals surface area contributed by atoms with Crippen LogP contribution in [-0.2, 0) is 6.42 Å². The van der Waals surface area contributed by atoms with Gasteiger partial charge >= 0.3 is 6.18 Å². The molecular formula is C11H11ClF3NO. The second-order valence-electron chi connectivity index (χ2n) is 3.86. The number of rotatable bonds is 1. The number of alkyl halides is 3. The van der Waals surface area contributed by atoms with Crippen LogP contribution in [0.15, 0.2) is 12.1 Å². The molecule has 94 valence electrons. The topological polar surface area (TPSA) is 21.3 Å². The van der Waals surface area contributed by atoms with Gasteiger partial charge in [0.2, 0.25) is 0 Å². The summed E-state index contributed by atoms with van der Waals surface area (Å²) in [4.78, 5) is 0. The lowest BCUT2D eigenvalue weighted by atomic mass is 9.93. The minimum absolute atomic E-state index is 0.199. The monoisotopic (exact) mass is 265 g/mol. The quantitative estimate of drug-likeness (QED) is 0.842. The van der Waals surface area contributed by atoms with E-state index in [1.54, 1.807) is 6.07 Å². The average Bonchev–Trinajstić information content (AvgIpc) is 2.25. The van der Waals surface area contributed by atoms with Crippen LogP contribution in [0.3, 0.4) is 0 Å². The van der Waals surface area contributed by atoms with Crippen LogP contribution in [0.1, 0.15) is 17.2 Å².